The molecule has 5 heteroatoms. The second-order valence-electron chi connectivity index (χ2n) is 4.17. The molecule has 21 heavy (non-hydrogen) atoms. The average molecular weight is 290 g/mol. The van der Waals surface area contributed by atoms with Gasteiger partial charge in [0.1, 0.15) is 12.3 Å². The summed E-state index contributed by atoms with van der Waals surface area (Å²) in [6, 6.07) is 13.0. The van der Waals surface area contributed by atoms with E-state index >= 15 is 0 Å². The fourth-order valence-corrected chi connectivity index (χ4v) is 1.82. The molecule has 0 aliphatic rings. The lowest BCUT2D eigenvalue weighted by Gasteiger charge is -2.17. The van der Waals surface area contributed by atoms with E-state index in [0.29, 0.717) is 18.0 Å². The highest BCUT2D eigenvalue weighted by Crippen LogP contribution is 2.39. The van der Waals surface area contributed by atoms with E-state index in [1.54, 1.807) is 0 Å². The normalized spacial score (nSPS) is 10.2. The first kappa shape index (κ1) is 15.1. The number of ether oxygens (including phenoxy) is 2. The number of halogens is 1. The van der Waals surface area contributed by atoms with E-state index in [2.05, 4.69) is 11.4 Å². The van der Waals surface area contributed by atoms with E-state index in [1.807, 2.05) is 37.3 Å². The molecule has 0 atom stereocenters. The third kappa shape index (κ3) is 3.86. The molecule has 2 aromatic carbocycles. The molecule has 0 aliphatic carbocycles. The predicted molar refractivity (Wildman–Crippen MR) is 78.7 cm³/mol. The molecular weight excluding hydrogens is 273 g/mol. The summed E-state index contributed by atoms with van der Waals surface area (Å²) in [6.07, 6.45) is 0. The number of anilines is 2. The van der Waals surface area contributed by atoms with Crippen LogP contribution in [0.1, 0.15) is 6.92 Å². The molecule has 2 N–H and O–H groups in total. The molecule has 2 aromatic rings. The van der Waals surface area contributed by atoms with Crippen molar-refractivity contribution in [2.24, 2.45) is 0 Å². The maximum atomic E-state index is 14.1. The molecule has 2 rings (SSSR count). The second kappa shape index (κ2) is 7.50. The summed E-state index contributed by atoms with van der Waals surface area (Å²) in [7, 11) is 0. The van der Waals surface area contributed by atoms with Crippen LogP contribution in [0.25, 0.3) is 0 Å². The molecule has 0 saturated carbocycles. The van der Waals surface area contributed by atoms with Gasteiger partial charge in [-0.2, -0.15) is 0 Å². The maximum absolute atomic E-state index is 14.1. The van der Waals surface area contributed by atoms with Crippen molar-refractivity contribution in [3.8, 4) is 11.5 Å². The van der Waals surface area contributed by atoms with E-state index < -0.39 is 5.82 Å². The minimum atomic E-state index is -0.574. The molecule has 0 saturated heterocycles. The van der Waals surface area contributed by atoms with Crippen LogP contribution < -0.4 is 14.8 Å². The predicted octanol–water partition coefficient (Wildman–Crippen LogP) is 3.14. The molecule has 4 nitrogen and oxygen atoms in total. The summed E-state index contributed by atoms with van der Waals surface area (Å²) in [5, 5.41) is 11.9. The van der Waals surface area contributed by atoms with Crippen LogP contribution in [0.15, 0.2) is 36.4 Å². The van der Waals surface area contributed by atoms with Gasteiger partial charge in [-0.25, -0.2) is 4.39 Å². The van der Waals surface area contributed by atoms with Crippen LogP contribution in [-0.4, -0.2) is 24.9 Å². The third-order valence-electron chi connectivity index (χ3n) is 2.68. The Morgan fingerprint density at radius 1 is 1.24 bits per heavy atom. The molecule has 0 bridgehead atoms. The van der Waals surface area contributed by atoms with Gasteiger partial charge in [0.25, 0.3) is 0 Å². The summed E-state index contributed by atoms with van der Waals surface area (Å²) in [5.41, 5.74) is 0.855. The van der Waals surface area contributed by atoms with Gasteiger partial charge in [-0.3, -0.25) is 0 Å². The minimum absolute atomic E-state index is 0.0486. The van der Waals surface area contributed by atoms with Crippen molar-refractivity contribution < 1.29 is 19.0 Å². The molecule has 0 heterocycles. The summed E-state index contributed by atoms with van der Waals surface area (Å²) in [4.78, 5) is 0. The molecular formula is C16H17FNO3. The highest BCUT2D eigenvalue weighted by atomic mass is 19.1. The van der Waals surface area contributed by atoms with Gasteiger partial charge < -0.3 is 19.9 Å². The largest absolute Gasteiger partial charge is 0.490 e. The van der Waals surface area contributed by atoms with E-state index in [4.69, 9.17) is 14.6 Å². The highest BCUT2D eigenvalue weighted by molar-refractivity contribution is 5.70. The van der Waals surface area contributed by atoms with Crippen LogP contribution in [0.2, 0.25) is 0 Å². The zero-order valence-corrected chi connectivity index (χ0v) is 11.7. The van der Waals surface area contributed by atoms with Crippen molar-refractivity contribution in [2.75, 3.05) is 25.1 Å². The standard InChI is InChI=1S/C16H17FNO3/c1-2-20-14-9-8-13(17)15(16(14)21-11-10-19)18-12-6-4-3-5-7-12/h3-7,9,18-19H,2,10-11H2,1H3. The van der Waals surface area contributed by atoms with E-state index in [-0.39, 0.29) is 24.7 Å². The number of hydrogen-bond acceptors (Lipinski definition) is 4. The van der Waals surface area contributed by atoms with Crippen LogP contribution in [0.3, 0.4) is 0 Å². The van der Waals surface area contributed by atoms with Gasteiger partial charge in [-0.15, -0.1) is 0 Å². The number of aliphatic hydroxyl groups is 1. The van der Waals surface area contributed by atoms with Crippen molar-refractivity contribution in [1.82, 2.24) is 0 Å². The summed E-state index contributed by atoms with van der Waals surface area (Å²) >= 11 is 0. The van der Waals surface area contributed by atoms with Crippen LogP contribution in [0.5, 0.6) is 11.5 Å². The van der Waals surface area contributed by atoms with E-state index in [0.717, 1.165) is 0 Å². The number of para-hydroxylation sites is 1. The fourth-order valence-electron chi connectivity index (χ4n) is 1.82. The van der Waals surface area contributed by atoms with Gasteiger partial charge in [-0.05, 0) is 25.1 Å². The Labute approximate surface area is 123 Å². The molecule has 0 unspecified atom stereocenters. The van der Waals surface area contributed by atoms with Crippen molar-refractivity contribution in [1.29, 1.82) is 0 Å². The Morgan fingerprint density at radius 3 is 2.67 bits per heavy atom. The second-order valence-corrected chi connectivity index (χ2v) is 4.17. The average Bonchev–Trinajstić information content (AvgIpc) is 2.51. The van der Waals surface area contributed by atoms with Gasteiger partial charge in [0, 0.05) is 11.8 Å². The minimum Gasteiger partial charge on any atom is -0.490 e. The molecule has 0 amide bonds. The number of benzene rings is 2. The lowest BCUT2D eigenvalue weighted by atomic mass is 10.2. The first-order valence-electron chi connectivity index (χ1n) is 6.69. The Bertz CT molecular complexity index is 575. The van der Waals surface area contributed by atoms with Gasteiger partial charge >= 0.3 is 0 Å². The van der Waals surface area contributed by atoms with Crippen LogP contribution in [0.4, 0.5) is 15.8 Å². The van der Waals surface area contributed by atoms with Crippen molar-refractivity contribution in [3.05, 3.63) is 48.3 Å². The zero-order chi connectivity index (χ0) is 15.1. The SMILES string of the molecule is CCOc1c[c]c(F)c(Nc2ccccc2)c1OCCO. The monoisotopic (exact) mass is 290 g/mol. The quantitative estimate of drug-likeness (QED) is 0.822. The fraction of sp³-hybridized carbons (Fsp3) is 0.250. The summed E-state index contributed by atoms with van der Waals surface area (Å²) < 4.78 is 24.9. The van der Waals surface area contributed by atoms with Gasteiger partial charge in [-0.1, -0.05) is 18.2 Å². The van der Waals surface area contributed by atoms with Crippen molar-refractivity contribution in [3.63, 3.8) is 0 Å². The number of aliphatic hydroxyl groups excluding tert-OH is 1. The first-order chi connectivity index (χ1) is 10.3. The summed E-state index contributed by atoms with van der Waals surface area (Å²) in [5.74, 6) is 0.0343. The van der Waals surface area contributed by atoms with Gasteiger partial charge in [0.2, 0.25) is 0 Å². The molecule has 1 radical (unpaired) electrons. The summed E-state index contributed by atoms with van der Waals surface area (Å²) in [6.45, 7) is 2.12. The topological polar surface area (TPSA) is 50.7 Å². The van der Waals surface area contributed by atoms with Crippen LogP contribution in [-0.2, 0) is 0 Å². The Morgan fingerprint density at radius 2 is 2.00 bits per heavy atom. The van der Waals surface area contributed by atoms with E-state index in [1.165, 1.54) is 6.07 Å². The van der Waals surface area contributed by atoms with Gasteiger partial charge in [0.15, 0.2) is 17.3 Å². The molecule has 0 spiro atoms. The molecule has 0 fully saturated rings. The van der Waals surface area contributed by atoms with Crippen molar-refractivity contribution in [2.45, 2.75) is 6.92 Å². The smallest absolute Gasteiger partial charge is 0.187 e. The van der Waals surface area contributed by atoms with Crippen LogP contribution >= 0.6 is 0 Å². The highest BCUT2D eigenvalue weighted by Gasteiger charge is 2.17. The Hall–Kier alpha value is -2.27. The number of rotatable bonds is 7. The lowest BCUT2D eigenvalue weighted by molar-refractivity contribution is 0.194. The van der Waals surface area contributed by atoms with Crippen molar-refractivity contribution >= 4 is 11.4 Å². The maximum Gasteiger partial charge on any atom is 0.187 e. The zero-order valence-electron chi connectivity index (χ0n) is 11.7. The number of nitrogens with one attached hydrogen (secondary N) is 1. The van der Waals surface area contributed by atoms with E-state index in [9.17, 15) is 4.39 Å². The van der Waals surface area contributed by atoms with Gasteiger partial charge in [0.05, 0.1) is 13.2 Å². The Kier molecular flexibility index (Phi) is 5.40. The molecule has 0 aromatic heterocycles. The third-order valence-corrected chi connectivity index (χ3v) is 2.68. The number of hydrogen-bond donors (Lipinski definition) is 2. The first-order valence-corrected chi connectivity index (χ1v) is 6.69. The molecule has 111 valence electrons. The molecule has 0 aliphatic heterocycles. The van der Waals surface area contributed by atoms with Crippen LogP contribution in [0, 0.1) is 11.9 Å². The Balaban J connectivity index is 2.38. The lowest BCUT2D eigenvalue weighted by Crippen LogP contribution is -2.07.